The Bertz CT molecular complexity index is 511. The van der Waals surface area contributed by atoms with Crippen LogP contribution in [-0.4, -0.2) is 22.3 Å². The number of aliphatic hydroxyl groups excluding tert-OH is 1. The molecule has 0 aliphatic heterocycles. The summed E-state index contributed by atoms with van der Waals surface area (Å²) in [6, 6.07) is 7.91. The number of hydrogen-bond acceptors (Lipinski definition) is 2. The van der Waals surface area contributed by atoms with E-state index in [0.717, 1.165) is 49.7 Å². The summed E-state index contributed by atoms with van der Waals surface area (Å²) in [4.78, 5) is 12.2. The van der Waals surface area contributed by atoms with Crippen LogP contribution in [0.3, 0.4) is 0 Å². The van der Waals surface area contributed by atoms with Crippen molar-refractivity contribution in [1.29, 1.82) is 0 Å². The fraction of sp³-hybridized carbons (Fsp3) is 0.588. The van der Waals surface area contributed by atoms with Crippen LogP contribution in [-0.2, 0) is 16.6 Å². The molecule has 0 amide bonds. The molecule has 3 nitrogen and oxygen atoms in total. The molecule has 0 saturated heterocycles. The lowest BCUT2D eigenvalue weighted by molar-refractivity contribution is -0.150. The smallest absolute Gasteiger partial charge is 0.314 e. The van der Waals surface area contributed by atoms with E-state index in [-0.39, 0.29) is 5.92 Å². The molecule has 0 radical (unpaired) electrons. The van der Waals surface area contributed by atoms with Gasteiger partial charge in [0.05, 0.1) is 11.5 Å². The van der Waals surface area contributed by atoms with Crippen LogP contribution in [0, 0.1) is 5.92 Å². The van der Waals surface area contributed by atoms with Crippen LogP contribution in [0.2, 0.25) is 0 Å². The maximum atomic E-state index is 12.2. The third-order valence-electron chi connectivity index (χ3n) is 5.26. The predicted octanol–water partition coefficient (Wildman–Crippen LogP) is 2.90. The Hall–Kier alpha value is -1.35. The van der Waals surface area contributed by atoms with E-state index in [9.17, 15) is 15.0 Å². The Morgan fingerprint density at radius 1 is 1.15 bits per heavy atom. The van der Waals surface area contributed by atoms with Gasteiger partial charge in [-0.15, -0.1) is 0 Å². The lowest BCUT2D eigenvalue weighted by atomic mass is 9.58. The summed E-state index contributed by atoms with van der Waals surface area (Å²) in [7, 11) is 0. The summed E-state index contributed by atoms with van der Waals surface area (Å²) in [6.07, 6.45) is 5.62. The van der Waals surface area contributed by atoms with Crippen LogP contribution in [0.25, 0.3) is 0 Å². The van der Waals surface area contributed by atoms with Crippen molar-refractivity contribution in [2.24, 2.45) is 5.92 Å². The van der Waals surface area contributed by atoms with Crippen molar-refractivity contribution in [1.82, 2.24) is 0 Å². The number of rotatable bonds is 2. The minimum atomic E-state index is -0.880. The molecule has 1 aromatic rings. The molecule has 2 N–H and O–H groups in total. The van der Waals surface area contributed by atoms with Crippen LogP contribution in [0.1, 0.15) is 49.7 Å². The first kappa shape index (κ1) is 13.6. The van der Waals surface area contributed by atoms with E-state index in [1.165, 1.54) is 0 Å². The van der Waals surface area contributed by atoms with Crippen molar-refractivity contribution in [2.75, 3.05) is 0 Å². The highest BCUT2D eigenvalue weighted by Gasteiger charge is 2.52. The van der Waals surface area contributed by atoms with E-state index in [4.69, 9.17) is 0 Å². The highest BCUT2D eigenvalue weighted by Crippen LogP contribution is 2.48. The highest BCUT2D eigenvalue weighted by molar-refractivity contribution is 5.83. The summed E-state index contributed by atoms with van der Waals surface area (Å²) < 4.78 is 0. The Morgan fingerprint density at radius 2 is 1.90 bits per heavy atom. The van der Waals surface area contributed by atoms with Crippen LogP contribution >= 0.6 is 0 Å². The topological polar surface area (TPSA) is 57.5 Å². The third-order valence-corrected chi connectivity index (χ3v) is 5.26. The van der Waals surface area contributed by atoms with Gasteiger partial charge >= 0.3 is 5.97 Å². The molecular formula is C17H22O3. The second-order valence-corrected chi connectivity index (χ2v) is 6.25. The molecule has 0 spiro atoms. The molecule has 1 fully saturated rings. The monoisotopic (exact) mass is 274 g/mol. The predicted molar refractivity (Wildman–Crippen MR) is 76.7 cm³/mol. The van der Waals surface area contributed by atoms with Gasteiger partial charge in [0.1, 0.15) is 0 Å². The number of aliphatic carboxylic acids is 1. The van der Waals surface area contributed by atoms with Gasteiger partial charge in [-0.05, 0) is 43.2 Å². The second-order valence-electron chi connectivity index (χ2n) is 6.25. The minimum Gasteiger partial charge on any atom is -0.481 e. The van der Waals surface area contributed by atoms with Gasteiger partial charge in [-0.25, -0.2) is 0 Å². The number of carboxylic acid groups (broad SMARTS) is 1. The fourth-order valence-electron chi connectivity index (χ4n) is 4.32. The van der Waals surface area contributed by atoms with E-state index in [1.807, 2.05) is 24.3 Å². The summed E-state index contributed by atoms with van der Waals surface area (Å²) in [6.45, 7) is 0. The molecule has 1 aromatic carbocycles. The molecule has 20 heavy (non-hydrogen) atoms. The lowest BCUT2D eigenvalue weighted by Gasteiger charge is -2.45. The van der Waals surface area contributed by atoms with Gasteiger partial charge in [0.25, 0.3) is 0 Å². The number of fused-ring (bicyclic) bond motifs is 1. The maximum Gasteiger partial charge on any atom is 0.314 e. The maximum absolute atomic E-state index is 12.2. The molecular weight excluding hydrogens is 252 g/mol. The van der Waals surface area contributed by atoms with Gasteiger partial charge in [-0.1, -0.05) is 37.1 Å². The number of aryl methyl sites for hydroxylation is 1. The van der Waals surface area contributed by atoms with Crippen molar-refractivity contribution in [2.45, 2.75) is 56.5 Å². The Balaban J connectivity index is 2.12. The zero-order valence-electron chi connectivity index (χ0n) is 11.7. The molecule has 1 saturated carbocycles. The van der Waals surface area contributed by atoms with Gasteiger partial charge in [0.2, 0.25) is 0 Å². The molecule has 0 bridgehead atoms. The molecule has 0 aromatic heterocycles. The quantitative estimate of drug-likeness (QED) is 0.872. The zero-order chi connectivity index (χ0) is 14.2. The number of carboxylic acids is 1. The van der Waals surface area contributed by atoms with E-state index in [2.05, 4.69) is 0 Å². The van der Waals surface area contributed by atoms with Crippen molar-refractivity contribution < 1.29 is 15.0 Å². The number of hydrogen-bond donors (Lipinski definition) is 2. The van der Waals surface area contributed by atoms with Gasteiger partial charge in [-0.2, -0.15) is 0 Å². The average Bonchev–Trinajstić information content (AvgIpc) is 2.47. The van der Waals surface area contributed by atoms with Crippen molar-refractivity contribution >= 4 is 5.97 Å². The summed E-state index contributed by atoms with van der Waals surface area (Å²) in [5.74, 6) is -0.897. The van der Waals surface area contributed by atoms with Crippen molar-refractivity contribution in [3.8, 4) is 0 Å². The molecule has 3 atom stereocenters. The highest BCUT2D eigenvalue weighted by atomic mass is 16.4. The van der Waals surface area contributed by atoms with Crippen molar-refractivity contribution in [3.05, 3.63) is 35.4 Å². The van der Waals surface area contributed by atoms with Crippen LogP contribution < -0.4 is 0 Å². The largest absolute Gasteiger partial charge is 0.481 e. The third kappa shape index (κ3) is 1.96. The molecule has 3 unspecified atom stereocenters. The Kier molecular flexibility index (Phi) is 3.55. The molecule has 3 heteroatoms. The summed E-state index contributed by atoms with van der Waals surface area (Å²) >= 11 is 0. The van der Waals surface area contributed by atoms with Gasteiger partial charge in [-0.3, -0.25) is 4.79 Å². The van der Waals surface area contributed by atoms with Gasteiger partial charge < -0.3 is 10.2 Å². The normalized spacial score (nSPS) is 33.5. The van der Waals surface area contributed by atoms with Crippen LogP contribution in [0.5, 0.6) is 0 Å². The average molecular weight is 274 g/mol. The zero-order valence-corrected chi connectivity index (χ0v) is 11.7. The fourth-order valence-corrected chi connectivity index (χ4v) is 4.32. The molecule has 2 aliphatic rings. The Morgan fingerprint density at radius 3 is 2.65 bits per heavy atom. The van der Waals surface area contributed by atoms with E-state index in [0.29, 0.717) is 6.42 Å². The van der Waals surface area contributed by atoms with Crippen LogP contribution in [0.15, 0.2) is 24.3 Å². The molecule has 2 aliphatic carbocycles. The first-order chi connectivity index (χ1) is 9.66. The van der Waals surface area contributed by atoms with Crippen LogP contribution in [0.4, 0.5) is 0 Å². The van der Waals surface area contributed by atoms with Gasteiger partial charge in [0, 0.05) is 5.92 Å². The Labute approximate surface area is 119 Å². The number of aliphatic hydroxyl groups is 1. The standard InChI is InChI=1S/C17H22O3/c18-15-10-4-3-9-14(15)17(16(19)20)11-5-7-12-6-1-2-8-13(12)17/h1-2,6,8,14-15,18H,3-5,7,9-11H2,(H,19,20). The molecule has 0 heterocycles. The van der Waals surface area contributed by atoms with E-state index < -0.39 is 17.5 Å². The first-order valence-electron chi connectivity index (χ1n) is 7.66. The SMILES string of the molecule is O=C(O)C1(C2CCCCC2O)CCCc2ccccc21. The summed E-state index contributed by atoms with van der Waals surface area (Å²) in [5.41, 5.74) is 1.22. The molecule has 108 valence electrons. The van der Waals surface area contributed by atoms with E-state index >= 15 is 0 Å². The minimum absolute atomic E-state index is 0.143. The number of benzene rings is 1. The lowest BCUT2D eigenvalue weighted by Crippen LogP contribution is -2.51. The molecule has 3 rings (SSSR count). The van der Waals surface area contributed by atoms with Gasteiger partial charge in [0.15, 0.2) is 0 Å². The second kappa shape index (κ2) is 5.21. The first-order valence-corrected chi connectivity index (χ1v) is 7.66. The van der Waals surface area contributed by atoms with Crippen molar-refractivity contribution in [3.63, 3.8) is 0 Å². The summed E-state index contributed by atoms with van der Waals surface area (Å²) in [5, 5.41) is 20.4. The van der Waals surface area contributed by atoms with E-state index in [1.54, 1.807) is 0 Å². The number of carbonyl (C=O) groups is 1.